The molecule has 0 spiro atoms. The smallest absolute Gasteiger partial charge is 0.422 e. The number of aromatic hydroxyl groups is 1. The molecule has 1 aromatic rings. The van der Waals surface area contributed by atoms with E-state index in [2.05, 4.69) is 10.9 Å². The van der Waals surface area contributed by atoms with Crippen molar-refractivity contribution in [2.75, 3.05) is 0 Å². The molecular formula is C12H16Cl2N2O3. The molecule has 0 saturated carbocycles. The van der Waals surface area contributed by atoms with Crippen molar-refractivity contribution >= 4 is 29.3 Å². The van der Waals surface area contributed by atoms with Crippen molar-refractivity contribution < 1.29 is 14.6 Å². The van der Waals surface area contributed by atoms with Crippen LogP contribution in [0, 0.1) is 0 Å². The summed E-state index contributed by atoms with van der Waals surface area (Å²) in [5.74, 6) is -0.0791. The van der Waals surface area contributed by atoms with E-state index in [-0.39, 0.29) is 17.3 Å². The minimum atomic E-state index is -0.611. The molecule has 0 fully saturated rings. The number of rotatable bonds is 3. The Morgan fingerprint density at radius 1 is 1.37 bits per heavy atom. The fraction of sp³-hybridized carbons (Fsp3) is 0.417. The van der Waals surface area contributed by atoms with E-state index in [1.54, 1.807) is 26.8 Å². The highest BCUT2D eigenvalue weighted by molar-refractivity contribution is 6.35. The highest BCUT2D eigenvalue weighted by Crippen LogP contribution is 2.30. The van der Waals surface area contributed by atoms with Crippen LogP contribution in [-0.2, 0) is 11.3 Å². The Labute approximate surface area is 121 Å². The summed E-state index contributed by atoms with van der Waals surface area (Å²) in [5, 5.41) is 10.3. The molecule has 0 aliphatic rings. The molecule has 0 radical (unpaired) electrons. The number of carbonyl (C=O) groups excluding carboxylic acids is 1. The average molecular weight is 307 g/mol. The zero-order valence-electron chi connectivity index (χ0n) is 10.9. The van der Waals surface area contributed by atoms with Crippen LogP contribution in [0.3, 0.4) is 0 Å². The minimum absolute atomic E-state index is 0.0791. The molecule has 0 atom stereocenters. The van der Waals surface area contributed by atoms with Crippen molar-refractivity contribution in [2.24, 2.45) is 0 Å². The van der Waals surface area contributed by atoms with Crippen LogP contribution in [0.4, 0.5) is 4.79 Å². The van der Waals surface area contributed by atoms with E-state index in [0.717, 1.165) is 0 Å². The Balaban J connectivity index is 2.52. The number of carbonyl (C=O) groups is 1. The van der Waals surface area contributed by atoms with E-state index in [1.807, 2.05) is 0 Å². The first kappa shape index (κ1) is 15.9. The third-order valence-electron chi connectivity index (χ3n) is 1.98. The van der Waals surface area contributed by atoms with E-state index >= 15 is 0 Å². The van der Waals surface area contributed by atoms with Gasteiger partial charge in [-0.1, -0.05) is 23.2 Å². The quantitative estimate of drug-likeness (QED) is 0.750. The number of phenolic OH excluding ortho intramolecular Hbond substituents is 1. The monoisotopic (exact) mass is 306 g/mol. The Kier molecular flexibility index (Phi) is 5.29. The molecule has 5 nitrogen and oxygen atoms in total. The lowest BCUT2D eigenvalue weighted by Crippen LogP contribution is -2.40. The molecule has 7 heteroatoms. The summed E-state index contributed by atoms with van der Waals surface area (Å²) in [7, 11) is 0. The second-order valence-electron chi connectivity index (χ2n) is 4.88. The summed E-state index contributed by atoms with van der Waals surface area (Å²) in [6.07, 6.45) is -0.611. The zero-order chi connectivity index (χ0) is 14.6. The second-order valence-corrected chi connectivity index (χ2v) is 5.72. The molecule has 1 aromatic carbocycles. The lowest BCUT2D eigenvalue weighted by molar-refractivity contribution is 0.0496. The summed E-state index contributed by atoms with van der Waals surface area (Å²) in [6, 6.07) is 2.98. The predicted molar refractivity (Wildman–Crippen MR) is 74.3 cm³/mol. The van der Waals surface area contributed by atoms with Crippen molar-refractivity contribution in [3.63, 3.8) is 0 Å². The van der Waals surface area contributed by atoms with Crippen LogP contribution in [0.25, 0.3) is 0 Å². The molecule has 0 bridgehead atoms. The van der Waals surface area contributed by atoms with Crippen molar-refractivity contribution in [2.45, 2.75) is 32.9 Å². The molecular weight excluding hydrogens is 291 g/mol. The van der Waals surface area contributed by atoms with E-state index in [1.165, 1.54) is 6.07 Å². The fourth-order valence-electron chi connectivity index (χ4n) is 1.27. The van der Waals surface area contributed by atoms with Crippen LogP contribution >= 0.6 is 23.2 Å². The maximum atomic E-state index is 11.4. The topological polar surface area (TPSA) is 70.6 Å². The van der Waals surface area contributed by atoms with Crippen LogP contribution in [0.5, 0.6) is 5.75 Å². The molecule has 0 saturated heterocycles. The summed E-state index contributed by atoms with van der Waals surface area (Å²) < 4.78 is 5.03. The standard InChI is InChI=1S/C12H16Cl2N2O3/c1-12(2,3)19-11(18)16-15-6-7-4-8(13)5-9(14)10(7)17/h4-5,15,17H,6H2,1-3H3,(H,16,18). The predicted octanol–water partition coefficient (Wildman–Crippen LogP) is 3.23. The molecule has 1 rings (SSSR count). The summed E-state index contributed by atoms with van der Waals surface area (Å²) >= 11 is 11.6. The van der Waals surface area contributed by atoms with Gasteiger partial charge in [-0.05, 0) is 32.9 Å². The fourth-order valence-corrected chi connectivity index (χ4v) is 1.80. The number of phenols is 1. The highest BCUT2D eigenvalue weighted by Gasteiger charge is 2.16. The Bertz CT molecular complexity index is 473. The van der Waals surface area contributed by atoms with E-state index in [4.69, 9.17) is 27.9 Å². The number of halogens is 2. The Morgan fingerprint density at radius 3 is 2.58 bits per heavy atom. The van der Waals surface area contributed by atoms with Crippen LogP contribution in [-0.4, -0.2) is 16.8 Å². The second kappa shape index (κ2) is 6.32. The van der Waals surface area contributed by atoms with Crippen LogP contribution in [0.15, 0.2) is 12.1 Å². The first-order valence-electron chi connectivity index (χ1n) is 5.58. The Hall–Kier alpha value is -1.17. The van der Waals surface area contributed by atoms with E-state index in [9.17, 15) is 9.90 Å². The molecule has 1 amide bonds. The third-order valence-corrected chi connectivity index (χ3v) is 2.48. The van der Waals surface area contributed by atoms with Crippen molar-refractivity contribution in [1.29, 1.82) is 0 Å². The molecule has 0 aromatic heterocycles. The van der Waals surface area contributed by atoms with Gasteiger partial charge in [0.25, 0.3) is 0 Å². The van der Waals surface area contributed by atoms with E-state index < -0.39 is 11.7 Å². The summed E-state index contributed by atoms with van der Waals surface area (Å²) in [4.78, 5) is 11.4. The van der Waals surface area contributed by atoms with Gasteiger partial charge in [-0.15, -0.1) is 0 Å². The molecule has 0 aliphatic heterocycles. The molecule has 19 heavy (non-hydrogen) atoms. The number of hydrogen-bond donors (Lipinski definition) is 3. The van der Waals surface area contributed by atoms with Crippen LogP contribution < -0.4 is 10.9 Å². The summed E-state index contributed by atoms with van der Waals surface area (Å²) in [5.41, 5.74) is 4.85. The normalized spacial score (nSPS) is 11.2. The van der Waals surface area contributed by atoms with Gasteiger partial charge in [0, 0.05) is 17.1 Å². The first-order valence-corrected chi connectivity index (χ1v) is 6.33. The number of benzene rings is 1. The van der Waals surface area contributed by atoms with Gasteiger partial charge >= 0.3 is 6.09 Å². The third kappa shape index (κ3) is 5.55. The van der Waals surface area contributed by atoms with Crippen LogP contribution in [0.2, 0.25) is 10.0 Å². The zero-order valence-corrected chi connectivity index (χ0v) is 12.4. The lowest BCUT2D eigenvalue weighted by Gasteiger charge is -2.20. The van der Waals surface area contributed by atoms with Gasteiger partial charge in [-0.2, -0.15) is 0 Å². The Morgan fingerprint density at radius 2 is 2.00 bits per heavy atom. The maximum absolute atomic E-state index is 11.4. The molecule has 0 heterocycles. The highest BCUT2D eigenvalue weighted by atomic mass is 35.5. The molecule has 0 aliphatic carbocycles. The van der Waals surface area contributed by atoms with Gasteiger partial charge in [0.05, 0.1) is 5.02 Å². The van der Waals surface area contributed by atoms with Gasteiger partial charge in [0.15, 0.2) is 0 Å². The van der Waals surface area contributed by atoms with Crippen LogP contribution in [0.1, 0.15) is 26.3 Å². The number of nitrogens with one attached hydrogen (secondary N) is 2. The molecule has 106 valence electrons. The lowest BCUT2D eigenvalue weighted by atomic mass is 10.2. The number of amides is 1. The molecule has 0 unspecified atom stereocenters. The van der Waals surface area contributed by atoms with Crippen molar-refractivity contribution in [3.8, 4) is 5.75 Å². The number of ether oxygens (including phenoxy) is 1. The summed E-state index contributed by atoms with van der Waals surface area (Å²) in [6.45, 7) is 5.44. The van der Waals surface area contributed by atoms with Gasteiger partial charge in [0.1, 0.15) is 11.4 Å². The van der Waals surface area contributed by atoms with Gasteiger partial charge in [0.2, 0.25) is 0 Å². The van der Waals surface area contributed by atoms with Gasteiger partial charge < -0.3 is 9.84 Å². The average Bonchev–Trinajstić information content (AvgIpc) is 2.22. The van der Waals surface area contributed by atoms with Gasteiger partial charge in [-0.3, -0.25) is 5.43 Å². The number of hydrogen-bond acceptors (Lipinski definition) is 4. The minimum Gasteiger partial charge on any atom is -0.506 e. The van der Waals surface area contributed by atoms with Crippen molar-refractivity contribution in [1.82, 2.24) is 10.9 Å². The first-order chi connectivity index (χ1) is 8.69. The van der Waals surface area contributed by atoms with Crippen molar-refractivity contribution in [3.05, 3.63) is 27.7 Å². The maximum Gasteiger partial charge on any atom is 0.422 e. The van der Waals surface area contributed by atoms with E-state index in [0.29, 0.717) is 10.6 Å². The number of hydrazine groups is 1. The van der Waals surface area contributed by atoms with Gasteiger partial charge in [-0.25, -0.2) is 10.2 Å². The molecule has 3 N–H and O–H groups in total. The largest absolute Gasteiger partial charge is 0.506 e. The SMILES string of the molecule is CC(C)(C)OC(=O)NNCc1cc(Cl)cc(Cl)c1O.